The summed E-state index contributed by atoms with van der Waals surface area (Å²) in [5.74, 6) is 0.819. The maximum atomic E-state index is 11.8. The predicted molar refractivity (Wildman–Crippen MR) is 114 cm³/mol. The summed E-state index contributed by atoms with van der Waals surface area (Å²) in [6.07, 6.45) is 23.3. The third-order valence-electron chi connectivity index (χ3n) is 5.13. The largest absolute Gasteiger partial charge is 0.273 e. The molecule has 6 nitrogen and oxygen atoms in total. The van der Waals surface area contributed by atoms with E-state index in [1.54, 1.807) is 0 Å². The van der Waals surface area contributed by atoms with Crippen LogP contribution in [0.25, 0.3) is 0 Å². The molecular weight excluding hydrogens is 352 g/mol. The summed E-state index contributed by atoms with van der Waals surface area (Å²) < 4.78 is 0. The predicted octanol–water partition coefficient (Wildman–Crippen LogP) is 4.24. The minimum absolute atomic E-state index is 0.0350. The number of carbonyl (C=O) groups excluding carboxylic acids is 2. The average Bonchev–Trinajstić information content (AvgIpc) is 2.72. The summed E-state index contributed by atoms with van der Waals surface area (Å²) in [4.78, 5) is 23.5. The molecule has 2 aliphatic carbocycles. The first-order valence-electron chi connectivity index (χ1n) is 10.7. The number of unbranched alkanes of at least 4 members (excludes halogenated alkanes) is 3. The highest BCUT2D eigenvalue weighted by atomic mass is 16.2. The number of amides is 2. The summed E-state index contributed by atoms with van der Waals surface area (Å²) in [6.45, 7) is 0. The Morgan fingerprint density at radius 3 is 1.61 bits per heavy atom. The van der Waals surface area contributed by atoms with E-state index in [4.69, 9.17) is 0 Å². The molecule has 2 atom stereocenters. The monoisotopic (exact) mass is 386 g/mol. The van der Waals surface area contributed by atoms with Gasteiger partial charge in [-0.15, -0.1) is 0 Å². The van der Waals surface area contributed by atoms with Crippen molar-refractivity contribution < 1.29 is 9.59 Å². The lowest BCUT2D eigenvalue weighted by atomic mass is 9.96. The van der Waals surface area contributed by atoms with E-state index in [0.29, 0.717) is 24.7 Å². The number of hydrazone groups is 2. The Balaban J connectivity index is 1.42. The van der Waals surface area contributed by atoms with Crippen molar-refractivity contribution in [2.45, 2.75) is 77.0 Å². The van der Waals surface area contributed by atoms with Gasteiger partial charge in [0.05, 0.1) is 0 Å². The maximum absolute atomic E-state index is 11.8. The second-order valence-corrected chi connectivity index (χ2v) is 7.63. The molecule has 2 unspecified atom stereocenters. The van der Waals surface area contributed by atoms with Crippen molar-refractivity contribution in [3.05, 3.63) is 24.3 Å². The highest BCUT2D eigenvalue weighted by molar-refractivity contribution is 5.77. The van der Waals surface area contributed by atoms with Gasteiger partial charge < -0.3 is 0 Å². The molecule has 6 heteroatoms. The highest BCUT2D eigenvalue weighted by Gasteiger charge is 2.08. The first-order valence-corrected chi connectivity index (χ1v) is 10.7. The lowest BCUT2D eigenvalue weighted by Crippen LogP contribution is -2.18. The second kappa shape index (κ2) is 13.9. The van der Waals surface area contributed by atoms with Gasteiger partial charge in [-0.1, -0.05) is 37.1 Å². The van der Waals surface area contributed by atoms with E-state index in [-0.39, 0.29) is 11.8 Å². The Bertz CT molecular complexity index is 543. The first-order chi connectivity index (χ1) is 13.7. The van der Waals surface area contributed by atoms with Crippen molar-refractivity contribution in [3.63, 3.8) is 0 Å². The molecule has 28 heavy (non-hydrogen) atoms. The number of rotatable bonds is 11. The summed E-state index contributed by atoms with van der Waals surface area (Å²) in [7, 11) is 0. The maximum Gasteiger partial charge on any atom is 0.240 e. The van der Waals surface area contributed by atoms with Crippen LogP contribution in [0, 0.1) is 11.8 Å². The van der Waals surface area contributed by atoms with E-state index in [0.717, 1.165) is 64.2 Å². The lowest BCUT2D eigenvalue weighted by molar-refractivity contribution is -0.122. The van der Waals surface area contributed by atoms with Gasteiger partial charge in [-0.25, -0.2) is 10.9 Å². The van der Waals surface area contributed by atoms with Gasteiger partial charge in [0.15, 0.2) is 0 Å². The number of carbonyl (C=O) groups is 2. The van der Waals surface area contributed by atoms with Crippen LogP contribution in [0.2, 0.25) is 0 Å². The Morgan fingerprint density at radius 2 is 1.21 bits per heavy atom. The van der Waals surface area contributed by atoms with Crippen LogP contribution in [0.1, 0.15) is 77.0 Å². The third-order valence-corrected chi connectivity index (χ3v) is 5.13. The van der Waals surface area contributed by atoms with Crippen LogP contribution >= 0.6 is 0 Å². The molecule has 0 saturated carbocycles. The summed E-state index contributed by atoms with van der Waals surface area (Å²) >= 11 is 0. The van der Waals surface area contributed by atoms with Crippen molar-refractivity contribution in [1.29, 1.82) is 0 Å². The minimum Gasteiger partial charge on any atom is -0.273 e. The molecule has 2 N–H and O–H groups in total. The molecule has 154 valence electrons. The number of nitrogens with one attached hydrogen (secondary N) is 2. The van der Waals surface area contributed by atoms with E-state index in [1.807, 2.05) is 12.4 Å². The van der Waals surface area contributed by atoms with Crippen LogP contribution in [0.4, 0.5) is 0 Å². The fraction of sp³-hybridized carbons (Fsp3) is 0.636. The Hall–Kier alpha value is -2.24. The third kappa shape index (κ3) is 10.2. The zero-order valence-corrected chi connectivity index (χ0v) is 16.8. The molecule has 2 amide bonds. The SMILES string of the molecule is O=C(CCCCCCC(=O)N/N=C/C1CC=CCC1)N/N=C/C1CC=CCC1. The first kappa shape index (κ1) is 22.1. The Labute approximate surface area is 168 Å². The van der Waals surface area contributed by atoms with Crippen LogP contribution in [-0.4, -0.2) is 24.2 Å². The zero-order chi connectivity index (χ0) is 19.9. The van der Waals surface area contributed by atoms with E-state index in [1.165, 1.54) is 0 Å². The molecule has 0 aromatic carbocycles. The number of hydrogen-bond donors (Lipinski definition) is 2. The number of nitrogens with zero attached hydrogens (tertiary/aromatic N) is 2. The molecule has 0 spiro atoms. The van der Waals surface area contributed by atoms with E-state index in [2.05, 4.69) is 45.4 Å². The molecule has 0 radical (unpaired) electrons. The molecular formula is C22H34N4O2. The highest BCUT2D eigenvalue weighted by Crippen LogP contribution is 2.16. The van der Waals surface area contributed by atoms with Crippen molar-refractivity contribution in [3.8, 4) is 0 Å². The fourth-order valence-electron chi connectivity index (χ4n) is 3.37. The lowest BCUT2D eigenvalue weighted by Gasteiger charge is -2.11. The van der Waals surface area contributed by atoms with Gasteiger partial charge in [0.2, 0.25) is 11.8 Å². The van der Waals surface area contributed by atoms with E-state index < -0.39 is 0 Å². The van der Waals surface area contributed by atoms with Gasteiger partial charge in [0.25, 0.3) is 0 Å². The smallest absolute Gasteiger partial charge is 0.240 e. The van der Waals surface area contributed by atoms with Crippen LogP contribution in [0.3, 0.4) is 0 Å². The summed E-state index contributed by atoms with van der Waals surface area (Å²) in [5.41, 5.74) is 5.22. The number of allylic oxidation sites excluding steroid dienone is 4. The molecule has 0 aromatic heterocycles. The van der Waals surface area contributed by atoms with Crippen molar-refractivity contribution in [1.82, 2.24) is 10.9 Å². The standard InChI is InChI=1S/C22H34N4O2/c27-21(25-23-17-19-11-5-3-6-12-19)15-9-1-2-10-16-22(28)26-24-18-20-13-7-4-8-14-20/h3-5,7,17-20H,1-2,6,8-16H2,(H,25,27)(H,26,28)/b23-17+,24-18+. The van der Waals surface area contributed by atoms with Crippen LogP contribution in [0.5, 0.6) is 0 Å². The summed E-state index contributed by atoms with van der Waals surface area (Å²) in [5, 5.41) is 8.13. The van der Waals surface area contributed by atoms with Gasteiger partial charge in [-0.3, -0.25) is 9.59 Å². The molecule has 2 rings (SSSR count). The molecule has 0 aromatic rings. The summed E-state index contributed by atoms with van der Waals surface area (Å²) in [6, 6.07) is 0. The Kier molecular flexibility index (Phi) is 10.9. The zero-order valence-electron chi connectivity index (χ0n) is 16.8. The van der Waals surface area contributed by atoms with Crippen molar-refractivity contribution in [2.24, 2.45) is 22.0 Å². The molecule has 2 aliphatic rings. The molecule has 0 heterocycles. The van der Waals surface area contributed by atoms with Gasteiger partial charge in [-0.2, -0.15) is 10.2 Å². The van der Waals surface area contributed by atoms with Gasteiger partial charge in [-0.05, 0) is 63.2 Å². The number of hydrogen-bond acceptors (Lipinski definition) is 4. The molecule has 0 fully saturated rings. The van der Waals surface area contributed by atoms with E-state index >= 15 is 0 Å². The molecule has 0 saturated heterocycles. The molecule has 0 bridgehead atoms. The topological polar surface area (TPSA) is 82.9 Å². The molecule has 0 aliphatic heterocycles. The average molecular weight is 387 g/mol. The normalized spacial score (nSPS) is 22.0. The van der Waals surface area contributed by atoms with Crippen LogP contribution in [0.15, 0.2) is 34.5 Å². The van der Waals surface area contributed by atoms with Crippen LogP contribution in [-0.2, 0) is 9.59 Å². The van der Waals surface area contributed by atoms with E-state index in [9.17, 15) is 9.59 Å². The fourth-order valence-corrected chi connectivity index (χ4v) is 3.37. The quantitative estimate of drug-likeness (QED) is 0.241. The van der Waals surface area contributed by atoms with Gasteiger partial charge >= 0.3 is 0 Å². The van der Waals surface area contributed by atoms with Crippen molar-refractivity contribution >= 4 is 24.2 Å². The minimum atomic E-state index is -0.0350. The second-order valence-electron chi connectivity index (χ2n) is 7.63. The van der Waals surface area contributed by atoms with Gasteiger partial charge in [0, 0.05) is 25.3 Å². The Morgan fingerprint density at radius 1 is 0.750 bits per heavy atom. The van der Waals surface area contributed by atoms with Crippen LogP contribution < -0.4 is 10.9 Å². The van der Waals surface area contributed by atoms with Gasteiger partial charge in [0.1, 0.15) is 0 Å². The van der Waals surface area contributed by atoms with Crippen molar-refractivity contribution in [2.75, 3.05) is 0 Å².